The lowest BCUT2D eigenvalue weighted by Crippen LogP contribution is -2.14. The van der Waals surface area contributed by atoms with Crippen LogP contribution in [0.3, 0.4) is 0 Å². The van der Waals surface area contributed by atoms with Gasteiger partial charge in [0.25, 0.3) is 0 Å². The molecule has 0 amide bonds. The molecule has 0 aliphatic carbocycles. The summed E-state index contributed by atoms with van der Waals surface area (Å²) >= 11 is 3.48. The molecule has 0 bridgehead atoms. The first-order valence-corrected chi connectivity index (χ1v) is 6.88. The Labute approximate surface area is 121 Å². The van der Waals surface area contributed by atoms with Gasteiger partial charge in [-0.2, -0.15) is 0 Å². The van der Waals surface area contributed by atoms with E-state index in [2.05, 4.69) is 22.5 Å². The number of carbonyl (C=O) groups excluding carboxylic acids is 1. The van der Waals surface area contributed by atoms with Crippen LogP contribution in [0.4, 0.5) is 0 Å². The highest BCUT2D eigenvalue weighted by Crippen LogP contribution is 2.26. The number of pyridine rings is 1. The highest BCUT2D eigenvalue weighted by molar-refractivity contribution is 9.10. The van der Waals surface area contributed by atoms with Gasteiger partial charge in [0.1, 0.15) is 0 Å². The summed E-state index contributed by atoms with van der Waals surface area (Å²) in [4.78, 5) is 12.1. The third kappa shape index (κ3) is 2.45. The van der Waals surface area contributed by atoms with Gasteiger partial charge in [-0.05, 0) is 60.5 Å². The summed E-state index contributed by atoms with van der Waals surface area (Å²) in [5, 5.41) is 0. The Morgan fingerprint density at radius 2 is 2.21 bits per heavy atom. The van der Waals surface area contributed by atoms with Crippen molar-refractivity contribution >= 4 is 33.5 Å². The molecule has 19 heavy (non-hydrogen) atoms. The Hall–Kier alpha value is -1.55. The molecule has 3 nitrogen and oxygen atoms in total. The summed E-state index contributed by atoms with van der Waals surface area (Å²) in [6.07, 6.45) is 3.56. The number of hydrogen-bond acceptors (Lipinski definition) is 2. The van der Waals surface area contributed by atoms with E-state index in [9.17, 15) is 4.79 Å². The topological polar surface area (TPSA) is 30.7 Å². The van der Waals surface area contributed by atoms with Crippen LogP contribution in [0.2, 0.25) is 0 Å². The van der Waals surface area contributed by atoms with Gasteiger partial charge in [-0.25, -0.2) is 4.79 Å². The average molecular weight is 322 g/mol. The minimum Gasteiger partial charge on any atom is -0.459 e. The fraction of sp³-hybridized carbons (Fsp3) is 0.267. The van der Waals surface area contributed by atoms with Gasteiger partial charge in [0.15, 0.2) is 0 Å². The van der Waals surface area contributed by atoms with Gasteiger partial charge in [0, 0.05) is 16.4 Å². The standard InChI is InChI=1S/C15H16BrNO2/c1-5-13-10(4)11(15(18)19-9(2)3)8-14-12(16)6-7-17(13)14/h5-9H,1H2,2-4H3. The maximum Gasteiger partial charge on any atom is 0.338 e. The van der Waals surface area contributed by atoms with Crippen molar-refractivity contribution in [2.45, 2.75) is 26.9 Å². The first-order valence-electron chi connectivity index (χ1n) is 6.09. The molecule has 0 spiro atoms. The molecule has 0 aliphatic heterocycles. The third-order valence-electron chi connectivity index (χ3n) is 2.96. The molecular formula is C15H16BrNO2. The van der Waals surface area contributed by atoms with Crippen LogP contribution in [0, 0.1) is 6.92 Å². The molecule has 2 aromatic rings. The van der Waals surface area contributed by atoms with Crippen LogP contribution in [-0.2, 0) is 4.74 Å². The predicted octanol–water partition coefficient (Wildman–Crippen LogP) is 4.22. The minimum atomic E-state index is -0.300. The van der Waals surface area contributed by atoms with Crippen molar-refractivity contribution in [1.82, 2.24) is 4.40 Å². The summed E-state index contributed by atoms with van der Waals surface area (Å²) in [7, 11) is 0. The van der Waals surface area contributed by atoms with Crippen molar-refractivity contribution in [3.63, 3.8) is 0 Å². The second-order valence-corrected chi connectivity index (χ2v) is 5.50. The second kappa shape index (κ2) is 5.21. The molecule has 0 saturated heterocycles. The monoisotopic (exact) mass is 321 g/mol. The summed E-state index contributed by atoms with van der Waals surface area (Å²) in [6, 6.07) is 3.79. The maximum atomic E-state index is 12.1. The van der Waals surface area contributed by atoms with Crippen molar-refractivity contribution in [3.8, 4) is 0 Å². The van der Waals surface area contributed by atoms with Crippen LogP contribution in [-0.4, -0.2) is 16.5 Å². The number of nitrogens with zero attached hydrogens (tertiary/aromatic N) is 1. The molecule has 0 atom stereocenters. The highest BCUT2D eigenvalue weighted by Gasteiger charge is 2.17. The van der Waals surface area contributed by atoms with Gasteiger partial charge in [0.05, 0.1) is 17.2 Å². The van der Waals surface area contributed by atoms with E-state index < -0.39 is 0 Å². The Balaban J connectivity index is 2.67. The highest BCUT2D eigenvalue weighted by atomic mass is 79.9. The molecule has 0 aromatic carbocycles. The number of aromatic nitrogens is 1. The fourth-order valence-corrected chi connectivity index (χ4v) is 2.50. The quantitative estimate of drug-likeness (QED) is 0.792. The van der Waals surface area contributed by atoms with Crippen molar-refractivity contribution in [3.05, 3.63) is 46.2 Å². The van der Waals surface area contributed by atoms with Gasteiger partial charge in [-0.3, -0.25) is 0 Å². The maximum absolute atomic E-state index is 12.1. The van der Waals surface area contributed by atoms with E-state index in [4.69, 9.17) is 4.74 Å². The minimum absolute atomic E-state index is 0.134. The van der Waals surface area contributed by atoms with E-state index in [-0.39, 0.29) is 12.1 Å². The molecule has 100 valence electrons. The van der Waals surface area contributed by atoms with E-state index in [0.717, 1.165) is 21.2 Å². The molecule has 2 aromatic heterocycles. The van der Waals surface area contributed by atoms with Crippen LogP contribution < -0.4 is 0 Å². The van der Waals surface area contributed by atoms with Crippen molar-refractivity contribution in [2.75, 3.05) is 0 Å². The number of fused-ring (bicyclic) bond motifs is 1. The number of hydrogen-bond donors (Lipinski definition) is 0. The molecule has 0 N–H and O–H groups in total. The van der Waals surface area contributed by atoms with Crippen molar-refractivity contribution < 1.29 is 9.53 Å². The lowest BCUT2D eigenvalue weighted by molar-refractivity contribution is 0.0377. The van der Waals surface area contributed by atoms with E-state index in [1.165, 1.54) is 0 Å². The Bertz CT molecular complexity index is 656. The fourth-order valence-electron chi connectivity index (χ4n) is 2.07. The lowest BCUT2D eigenvalue weighted by Gasteiger charge is -2.13. The first kappa shape index (κ1) is 13.9. The number of esters is 1. The molecular weight excluding hydrogens is 306 g/mol. The molecule has 2 heterocycles. The lowest BCUT2D eigenvalue weighted by atomic mass is 10.1. The molecule has 2 rings (SSSR count). The zero-order valence-corrected chi connectivity index (χ0v) is 12.8. The number of halogens is 1. The van der Waals surface area contributed by atoms with Gasteiger partial charge >= 0.3 is 5.97 Å². The summed E-state index contributed by atoms with van der Waals surface area (Å²) in [5.41, 5.74) is 3.28. The smallest absolute Gasteiger partial charge is 0.338 e. The Morgan fingerprint density at radius 3 is 2.79 bits per heavy atom. The Morgan fingerprint density at radius 1 is 1.53 bits per heavy atom. The molecule has 0 aliphatic rings. The molecule has 4 heteroatoms. The van der Waals surface area contributed by atoms with Crippen LogP contribution >= 0.6 is 15.9 Å². The zero-order chi connectivity index (χ0) is 14.2. The summed E-state index contributed by atoms with van der Waals surface area (Å²) in [5.74, 6) is -0.300. The number of carbonyl (C=O) groups is 1. The molecule has 0 unspecified atom stereocenters. The van der Waals surface area contributed by atoms with Crippen molar-refractivity contribution in [2.24, 2.45) is 0 Å². The molecule has 0 fully saturated rings. The van der Waals surface area contributed by atoms with Crippen LogP contribution in [0.1, 0.15) is 35.5 Å². The first-order chi connectivity index (χ1) is 8.95. The molecule has 0 radical (unpaired) electrons. The summed E-state index contributed by atoms with van der Waals surface area (Å²) < 4.78 is 8.22. The summed E-state index contributed by atoms with van der Waals surface area (Å²) in [6.45, 7) is 9.41. The predicted molar refractivity (Wildman–Crippen MR) is 80.5 cm³/mol. The van der Waals surface area contributed by atoms with E-state index in [1.54, 1.807) is 6.08 Å². The van der Waals surface area contributed by atoms with Gasteiger partial charge < -0.3 is 9.14 Å². The second-order valence-electron chi connectivity index (χ2n) is 4.65. The van der Waals surface area contributed by atoms with E-state index >= 15 is 0 Å². The van der Waals surface area contributed by atoms with Gasteiger partial charge in [-0.1, -0.05) is 6.58 Å². The van der Waals surface area contributed by atoms with E-state index in [1.807, 2.05) is 43.5 Å². The number of ether oxygens (including phenoxy) is 1. The van der Waals surface area contributed by atoms with E-state index in [0.29, 0.717) is 5.56 Å². The van der Waals surface area contributed by atoms with Crippen LogP contribution in [0.5, 0.6) is 0 Å². The largest absolute Gasteiger partial charge is 0.459 e. The Kier molecular flexibility index (Phi) is 3.80. The van der Waals surface area contributed by atoms with Gasteiger partial charge in [0.2, 0.25) is 0 Å². The van der Waals surface area contributed by atoms with Gasteiger partial charge in [-0.15, -0.1) is 0 Å². The average Bonchev–Trinajstić information content (AvgIpc) is 2.69. The van der Waals surface area contributed by atoms with Crippen LogP contribution in [0.25, 0.3) is 11.6 Å². The van der Waals surface area contributed by atoms with Crippen molar-refractivity contribution in [1.29, 1.82) is 0 Å². The normalized spacial score (nSPS) is 11.0. The van der Waals surface area contributed by atoms with Crippen LogP contribution in [0.15, 0.2) is 29.4 Å². The third-order valence-corrected chi connectivity index (χ3v) is 3.63. The molecule has 0 saturated carbocycles. The zero-order valence-electron chi connectivity index (χ0n) is 11.2. The number of rotatable bonds is 3. The SMILES string of the molecule is C=Cc1c(C)c(C(=O)OC(C)C)cc2c(Br)ccn12.